The van der Waals surface area contributed by atoms with E-state index in [1.165, 1.54) is 0 Å². The second-order valence-corrected chi connectivity index (χ2v) is 4.28. The molecule has 7 nitrogen and oxygen atoms in total. The molecular weight excluding hydrogens is 244 g/mol. The summed E-state index contributed by atoms with van der Waals surface area (Å²) in [5.74, 6) is -0.157. The summed E-state index contributed by atoms with van der Waals surface area (Å²) in [6.07, 6.45) is 3.29. The molecule has 2 aromatic rings. The van der Waals surface area contributed by atoms with E-state index >= 15 is 0 Å². The molecular formula is C12H16N6O. The molecule has 0 aliphatic heterocycles. The van der Waals surface area contributed by atoms with Gasteiger partial charge in [0, 0.05) is 12.7 Å². The topological polar surface area (TPSA) is 98.7 Å². The minimum atomic E-state index is -0.157. The monoisotopic (exact) mass is 260 g/mol. The Bertz CT molecular complexity index is 592. The lowest BCUT2D eigenvalue weighted by Crippen LogP contribution is -2.28. The first-order chi connectivity index (χ1) is 9.06. The van der Waals surface area contributed by atoms with E-state index in [9.17, 15) is 4.79 Å². The summed E-state index contributed by atoms with van der Waals surface area (Å²) < 4.78 is 1.68. The third-order valence-electron chi connectivity index (χ3n) is 2.63. The fourth-order valence-corrected chi connectivity index (χ4v) is 1.66. The molecule has 100 valence electrons. The van der Waals surface area contributed by atoms with Gasteiger partial charge >= 0.3 is 0 Å². The van der Waals surface area contributed by atoms with Gasteiger partial charge in [-0.1, -0.05) is 0 Å². The highest BCUT2D eigenvalue weighted by Gasteiger charge is 2.10. The van der Waals surface area contributed by atoms with Gasteiger partial charge < -0.3 is 11.1 Å². The summed E-state index contributed by atoms with van der Waals surface area (Å²) in [6.45, 7) is 4.60. The smallest absolute Gasteiger partial charge is 0.253 e. The van der Waals surface area contributed by atoms with Crippen molar-refractivity contribution in [3.05, 3.63) is 35.4 Å². The first-order valence-corrected chi connectivity index (χ1v) is 5.93. The van der Waals surface area contributed by atoms with Gasteiger partial charge in [-0.15, -0.1) is 0 Å². The van der Waals surface area contributed by atoms with E-state index in [-0.39, 0.29) is 5.91 Å². The SMILES string of the molecule is Cc1cc(C(=O)NCCn2cc(N)cn2)c(C)nn1. The minimum Gasteiger partial charge on any atom is -0.396 e. The molecule has 0 radical (unpaired) electrons. The van der Waals surface area contributed by atoms with Crippen molar-refractivity contribution in [3.63, 3.8) is 0 Å². The molecule has 3 N–H and O–H groups in total. The number of nitrogens with two attached hydrogens (primary N) is 1. The van der Waals surface area contributed by atoms with Crippen molar-refractivity contribution in [2.24, 2.45) is 0 Å². The van der Waals surface area contributed by atoms with Crippen LogP contribution >= 0.6 is 0 Å². The Kier molecular flexibility index (Phi) is 3.74. The fourth-order valence-electron chi connectivity index (χ4n) is 1.66. The van der Waals surface area contributed by atoms with Crippen LogP contribution < -0.4 is 11.1 Å². The zero-order chi connectivity index (χ0) is 13.8. The summed E-state index contributed by atoms with van der Waals surface area (Å²) in [5, 5.41) is 14.7. The van der Waals surface area contributed by atoms with Crippen LogP contribution in [-0.2, 0) is 6.54 Å². The van der Waals surface area contributed by atoms with Gasteiger partial charge in [-0.05, 0) is 19.9 Å². The van der Waals surface area contributed by atoms with Crippen molar-refractivity contribution in [1.29, 1.82) is 0 Å². The molecule has 0 fully saturated rings. The van der Waals surface area contributed by atoms with E-state index in [0.29, 0.717) is 30.0 Å². The Hall–Kier alpha value is -2.44. The van der Waals surface area contributed by atoms with Gasteiger partial charge in [0.25, 0.3) is 5.91 Å². The second-order valence-electron chi connectivity index (χ2n) is 4.28. The lowest BCUT2D eigenvalue weighted by molar-refractivity contribution is 0.0950. The molecule has 0 spiro atoms. The molecule has 0 saturated heterocycles. The molecule has 0 unspecified atom stereocenters. The number of rotatable bonds is 4. The Balaban J connectivity index is 1.92. The lowest BCUT2D eigenvalue weighted by Gasteiger charge is -2.07. The van der Waals surface area contributed by atoms with Gasteiger partial charge in [-0.2, -0.15) is 15.3 Å². The molecule has 0 aliphatic rings. The predicted molar refractivity (Wildman–Crippen MR) is 70.5 cm³/mol. The highest BCUT2D eigenvalue weighted by molar-refractivity contribution is 5.95. The third kappa shape index (κ3) is 3.27. The summed E-state index contributed by atoms with van der Waals surface area (Å²) in [7, 11) is 0. The zero-order valence-corrected chi connectivity index (χ0v) is 10.9. The zero-order valence-electron chi connectivity index (χ0n) is 10.9. The summed E-state index contributed by atoms with van der Waals surface area (Å²) in [5.41, 5.74) is 8.04. The molecule has 0 saturated carbocycles. The number of aryl methyl sites for hydroxylation is 2. The average Bonchev–Trinajstić information content (AvgIpc) is 2.78. The molecule has 2 rings (SSSR count). The molecule has 0 bridgehead atoms. The number of carbonyl (C=O) groups is 1. The Morgan fingerprint density at radius 3 is 2.89 bits per heavy atom. The van der Waals surface area contributed by atoms with Crippen LogP contribution in [0.2, 0.25) is 0 Å². The number of nitrogen functional groups attached to an aromatic ring is 1. The van der Waals surface area contributed by atoms with Crippen LogP contribution in [0, 0.1) is 13.8 Å². The lowest BCUT2D eigenvalue weighted by atomic mass is 10.2. The highest BCUT2D eigenvalue weighted by Crippen LogP contribution is 2.04. The molecule has 0 aliphatic carbocycles. The molecule has 7 heteroatoms. The molecule has 1 amide bonds. The fraction of sp³-hybridized carbons (Fsp3) is 0.333. The van der Waals surface area contributed by atoms with Crippen LogP contribution in [0.25, 0.3) is 0 Å². The van der Waals surface area contributed by atoms with Gasteiger partial charge in [0.15, 0.2) is 0 Å². The maximum Gasteiger partial charge on any atom is 0.253 e. The van der Waals surface area contributed by atoms with Gasteiger partial charge in [0.2, 0.25) is 0 Å². The van der Waals surface area contributed by atoms with Crippen LogP contribution in [0.15, 0.2) is 18.5 Å². The molecule has 0 atom stereocenters. The summed E-state index contributed by atoms with van der Waals surface area (Å²) in [6, 6.07) is 1.73. The predicted octanol–water partition coefficient (Wildman–Crippen LogP) is 0.302. The van der Waals surface area contributed by atoms with Crippen LogP contribution in [0.5, 0.6) is 0 Å². The second kappa shape index (κ2) is 5.47. The van der Waals surface area contributed by atoms with Gasteiger partial charge in [0.1, 0.15) is 0 Å². The van der Waals surface area contributed by atoms with Gasteiger partial charge in [-0.3, -0.25) is 9.48 Å². The number of carbonyl (C=O) groups excluding carboxylic acids is 1. The van der Waals surface area contributed by atoms with Crippen molar-refractivity contribution >= 4 is 11.6 Å². The van der Waals surface area contributed by atoms with E-state index in [1.54, 1.807) is 37.0 Å². The Morgan fingerprint density at radius 2 is 2.21 bits per heavy atom. The number of aromatic nitrogens is 4. The quantitative estimate of drug-likeness (QED) is 0.824. The number of hydrogen-bond donors (Lipinski definition) is 2. The van der Waals surface area contributed by atoms with Crippen molar-refractivity contribution in [3.8, 4) is 0 Å². The van der Waals surface area contributed by atoms with E-state index in [0.717, 1.165) is 5.69 Å². The Morgan fingerprint density at radius 1 is 1.42 bits per heavy atom. The standard InChI is InChI=1S/C12H16N6O/c1-8-5-11(9(2)17-16-8)12(19)14-3-4-18-7-10(13)6-15-18/h5-7H,3-4,13H2,1-2H3,(H,14,19). The number of nitrogens with zero attached hydrogens (tertiary/aromatic N) is 4. The van der Waals surface area contributed by atoms with E-state index < -0.39 is 0 Å². The highest BCUT2D eigenvalue weighted by atomic mass is 16.1. The molecule has 2 heterocycles. The average molecular weight is 260 g/mol. The number of anilines is 1. The van der Waals surface area contributed by atoms with Gasteiger partial charge in [0.05, 0.1) is 35.4 Å². The van der Waals surface area contributed by atoms with Crippen molar-refractivity contribution in [2.45, 2.75) is 20.4 Å². The van der Waals surface area contributed by atoms with E-state index in [1.807, 2.05) is 0 Å². The molecule has 0 aromatic carbocycles. The number of amides is 1. The summed E-state index contributed by atoms with van der Waals surface area (Å²) in [4.78, 5) is 12.0. The maximum atomic E-state index is 12.0. The minimum absolute atomic E-state index is 0.157. The van der Waals surface area contributed by atoms with E-state index in [4.69, 9.17) is 5.73 Å². The van der Waals surface area contributed by atoms with Gasteiger partial charge in [-0.25, -0.2) is 0 Å². The number of nitrogens with one attached hydrogen (secondary N) is 1. The van der Waals surface area contributed by atoms with Crippen molar-refractivity contribution in [1.82, 2.24) is 25.3 Å². The van der Waals surface area contributed by atoms with Crippen LogP contribution in [0.4, 0.5) is 5.69 Å². The van der Waals surface area contributed by atoms with E-state index in [2.05, 4.69) is 20.6 Å². The first kappa shape index (κ1) is 13.0. The normalized spacial score (nSPS) is 10.4. The third-order valence-corrected chi connectivity index (χ3v) is 2.63. The summed E-state index contributed by atoms with van der Waals surface area (Å²) >= 11 is 0. The molecule has 19 heavy (non-hydrogen) atoms. The van der Waals surface area contributed by atoms with Crippen LogP contribution in [-0.4, -0.2) is 32.4 Å². The van der Waals surface area contributed by atoms with Crippen molar-refractivity contribution < 1.29 is 4.79 Å². The largest absolute Gasteiger partial charge is 0.396 e. The van der Waals surface area contributed by atoms with Crippen molar-refractivity contribution in [2.75, 3.05) is 12.3 Å². The Labute approximate surface area is 110 Å². The number of hydrogen-bond acceptors (Lipinski definition) is 5. The molecule has 2 aromatic heterocycles. The first-order valence-electron chi connectivity index (χ1n) is 5.93. The maximum absolute atomic E-state index is 12.0. The van der Waals surface area contributed by atoms with Crippen LogP contribution in [0.1, 0.15) is 21.7 Å². The van der Waals surface area contributed by atoms with Crippen LogP contribution in [0.3, 0.4) is 0 Å².